The summed E-state index contributed by atoms with van der Waals surface area (Å²) in [5, 5.41) is 19.9. The molecule has 2 atom stereocenters. The summed E-state index contributed by atoms with van der Waals surface area (Å²) in [6.07, 6.45) is -0.0190. The number of carboxylic acids is 1. The fourth-order valence-corrected chi connectivity index (χ4v) is 1.04. The van der Waals surface area contributed by atoms with Crippen molar-refractivity contribution in [2.75, 3.05) is 0 Å². The van der Waals surface area contributed by atoms with Crippen molar-refractivity contribution >= 4 is 11.9 Å². The van der Waals surface area contributed by atoms with E-state index in [2.05, 4.69) is 5.32 Å². The van der Waals surface area contributed by atoms with Gasteiger partial charge in [-0.1, -0.05) is 0 Å². The van der Waals surface area contributed by atoms with Crippen molar-refractivity contribution < 1.29 is 19.8 Å². The Kier molecular flexibility index (Phi) is 2.77. The van der Waals surface area contributed by atoms with Gasteiger partial charge >= 0.3 is 5.97 Å². The molecule has 0 saturated heterocycles. The highest BCUT2D eigenvalue weighted by molar-refractivity contribution is 5.92. The van der Waals surface area contributed by atoms with Gasteiger partial charge in [0.2, 0.25) is 5.91 Å². The van der Waals surface area contributed by atoms with E-state index in [1.807, 2.05) is 0 Å². The average molecular weight is 202 g/mol. The maximum Gasteiger partial charge on any atom is 0.328 e. The number of amides is 1. The second-order valence-electron chi connectivity index (χ2n) is 3.69. The molecule has 6 nitrogen and oxygen atoms in total. The maximum absolute atomic E-state index is 11.3. The Balaban J connectivity index is 2.56. The van der Waals surface area contributed by atoms with Crippen LogP contribution in [0.3, 0.4) is 0 Å². The predicted molar refractivity (Wildman–Crippen MR) is 47.4 cm³/mol. The molecule has 0 heterocycles. The van der Waals surface area contributed by atoms with Crippen LogP contribution in [0.4, 0.5) is 0 Å². The van der Waals surface area contributed by atoms with Crippen LogP contribution in [0.2, 0.25) is 0 Å². The van der Waals surface area contributed by atoms with Gasteiger partial charge in [-0.3, -0.25) is 4.79 Å². The average Bonchev–Trinajstić information content (AvgIpc) is 2.79. The second-order valence-corrected chi connectivity index (χ2v) is 3.69. The molecule has 6 heteroatoms. The first-order chi connectivity index (χ1) is 6.37. The molecular formula is C8H14N2O4. The molecule has 0 unspecified atom stereocenters. The molecule has 0 aliphatic heterocycles. The lowest BCUT2D eigenvalue weighted by Gasteiger charge is -2.19. The lowest BCUT2D eigenvalue weighted by molar-refractivity contribution is -0.145. The summed E-state index contributed by atoms with van der Waals surface area (Å²) < 4.78 is 0. The molecule has 1 aliphatic carbocycles. The number of aliphatic hydroxyl groups is 1. The van der Waals surface area contributed by atoms with Crippen molar-refractivity contribution in [3.8, 4) is 0 Å². The molecule has 0 spiro atoms. The monoisotopic (exact) mass is 202 g/mol. The van der Waals surface area contributed by atoms with E-state index in [1.54, 1.807) is 0 Å². The zero-order valence-electron chi connectivity index (χ0n) is 7.86. The van der Waals surface area contributed by atoms with Gasteiger partial charge in [-0.25, -0.2) is 4.79 Å². The standard InChI is InChI=1S/C8H14N2O4/c1-4(11)5(6(12)13)10-7(14)8(9)2-3-8/h4-5,11H,2-3,9H2,1H3,(H,10,14)(H,12,13)/t4-,5+/m1/s1. The molecule has 0 bridgehead atoms. The van der Waals surface area contributed by atoms with E-state index in [4.69, 9.17) is 15.9 Å². The topological polar surface area (TPSA) is 113 Å². The first kappa shape index (κ1) is 10.9. The molecule has 5 N–H and O–H groups in total. The minimum Gasteiger partial charge on any atom is -0.480 e. The Morgan fingerprint density at radius 3 is 2.29 bits per heavy atom. The van der Waals surface area contributed by atoms with Gasteiger partial charge in [0.1, 0.15) is 0 Å². The van der Waals surface area contributed by atoms with Crippen LogP contribution in [0, 0.1) is 0 Å². The van der Waals surface area contributed by atoms with E-state index in [0.717, 1.165) is 0 Å². The number of aliphatic carboxylic acids is 1. The molecule has 1 saturated carbocycles. The van der Waals surface area contributed by atoms with Crippen LogP contribution in [0.1, 0.15) is 19.8 Å². The van der Waals surface area contributed by atoms with Crippen LogP contribution in [-0.4, -0.2) is 39.8 Å². The molecule has 80 valence electrons. The van der Waals surface area contributed by atoms with E-state index < -0.39 is 29.6 Å². The van der Waals surface area contributed by atoms with Crippen molar-refractivity contribution in [1.82, 2.24) is 5.32 Å². The second kappa shape index (κ2) is 3.55. The fraction of sp³-hybridized carbons (Fsp3) is 0.750. The Bertz CT molecular complexity index is 260. The van der Waals surface area contributed by atoms with Gasteiger partial charge in [-0.05, 0) is 19.8 Å². The molecule has 1 rings (SSSR count). The van der Waals surface area contributed by atoms with E-state index in [-0.39, 0.29) is 0 Å². The molecule has 1 fully saturated rings. The number of hydrogen-bond donors (Lipinski definition) is 4. The van der Waals surface area contributed by atoms with Gasteiger partial charge < -0.3 is 21.3 Å². The summed E-state index contributed by atoms with van der Waals surface area (Å²) in [7, 11) is 0. The Labute approximate surface area is 81.1 Å². The first-order valence-electron chi connectivity index (χ1n) is 4.37. The molecule has 1 amide bonds. The summed E-state index contributed by atoms with van der Waals surface area (Å²) >= 11 is 0. The van der Waals surface area contributed by atoms with Crippen molar-refractivity contribution in [3.05, 3.63) is 0 Å². The molecule has 0 aromatic rings. The van der Waals surface area contributed by atoms with E-state index in [9.17, 15) is 9.59 Å². The highest BCUT2D eigenvalue weighted by Crippen LogP contribution is 2.32. The minimum atomic E-state index is -1.29. The zero-order valence-corrected chi connectivity index (χ0v) is 7.86. The van der Waals surface area contributed by atoms with Crippen molar-refractivity contribution in [1.29, 1.82) is 0 Å². The number of hydrogen-bond acceptors (Lipinski definition) is 4. The first-order valence-corrected chi connectivity index (χ1v) is 4.37. The molecule has 0 aromatic carbocycles. The number of nitrogens with two attached hydrogens (primary N) is 1. The molecule has 0 radical (unpaired) electrons. The molecular weight excluding hydrogens is 188 g/mol. The molecule has 0 aromatic heterocycles. The predicted octanol–water partition coefficient (Wildman–Crippen LogP) is -1.57. The number of carbonyl (C=O) groups is 2. The third kappa shape index (κ3) is 2.21. The number of carboxylic acid groups (broad SMARTS) is 1. The quantitative estimate of drug-likeness (QED) is 0.440. The smallest absolute Gasteiger partial charge is 0.328 e. The van der Waals surface area contributed by atoms with Gasteiger partial charge in [0, 0.05) is 0 Å². The third-order valence-corrected chi connectivity index (χ3v) is 2.28. The van der Waals surface area contributed by atoms with Gasteiger partial charge in [0.15, 0.2) is 6.04 Å². The highest BCUT2D eigenvalue weighted by Gasteiger charge is 2.47. The summed E-state index contributed by atoms with van der Waals surface area (Å²) in [6.45, 7) is 1.30. The van der Waals surface area contributed by atoms with Crippen LogP contribution in [-0.2, 0) is 9.59 Å². The van der Waals surface area contributed by atoms with Crippen LogP contribution in [0.25, 0.3) is 0 Å². The van der Waals surface area contributed by atoms with Crippen LogP contribution >= 0.6 is 0 Å². The number of rotatable bonds is 4. The number of aliphatic hydroxyl groups excluding tert-OH is 1. The van der Waals surface area contributed by atoms with Crippen LogP contribution in [0.15, 0.2) is 0 Å². The van der Waals surface area contributed by atoms with Crippen LogP contribution < -0.4 is 11.1 Å². The van der Waals surface area contributed by atoms with Gasteiger partial charge in [-0.2, -0.15) is 0 Å². The zero-order chi connectivity index (χ0) is 10.9. The largest absolute Gasteiger partial charge is 0.480 e. The molecule has 1 aliphatic rings. The lowest BCUT2D eigenvalue weighted by atomic mass is 10.1. The SMILES string of the molecule is C[C@@H](O)[C@H](NC(=O)C1(N)CC1)C(=O)O. The van der Waals surface area contributed by atoms with Gasteiger partial charge in [0.25, 0.3) is 0 Å². The van der Waals surface area contributed by atoms with Crippen LogP contribution in [0.5, 0.6) is 0 Å². The number of nitrogens with one attached hydrogen (secondary N) is 1. The van der Waals surface area contributed by atoms with Gasteiger partial charge in [0.05, 0.1) is 11.6 Å². The van der Waals surface area contributed by atoms with E-state index in [0.29, 0.717) is 12.8 Å². The normalized spacial score (nSPS) is 22.2. The van der Waals surface area contributed by atoms with Crippen molar-refractivity contribution in [3.63, 3.8) is 0 Å². The lowest BCUT2D eigenvalue weighted by Crippen LogP contribution is -2.53. The minimum absolute atomic E-state index is 0.509. The van der Waals surface area contributed by atoms with Gasteiger partial charge in [-0.15, -0.1) is 0 Å². The van der Waals surface area contributed by atoms with E-state index in [1.165, 1.54) is 6.92 Å². The number of carbonyl (C=O) groups excluding carboxylic acids is 1. The maximum atomic E-state index is 11.3. The summed E-state index contributed by atoms with van der Waals surface area (Å²) in [5.74, 6) is -1.77. The fourth-order valence-electron chi connectivity index (χ4n) is 1.04. The third-order valence-electron chi connectivity index (χ3n) is 2.28. The van der Waals surface area contributed by atoms with E-state index >= 15 is 0 Å². The summed E-state index contributed by atoms with van der Waals surface area (Å²) in [4.78, 5) is 21.9. The Morgan fingerprint density at radius 2 is 2.00 bits per heavy atom. The summed E-state index contributed by atoms with van der Waals surface area (Å²) in [5.41, 5.74) is 4.64. The highest BCUT2D eigenvalue weighted by atomic mass is 16.4. The van der Waals surface area contributed by atoms with Crippen molar-refractivity contribution in [2.24, 2.45) is 5.73 Å². The van der Waals surface area contributed by atoms with Crippen molar-refractivity contribution in [2.45, 2.75) is 37.5 Å². The Morgan fingerprint density at radius 1 is 1.50 bits per heavy atom. The summed E-state index contributed by atoms with van der Waals surface area (Å²) in [6, 6.07) is -1.29. The molecule has 14 heavy (non-hydrogen) atoms. The Hall–Kier alpha value is -1.14.